The van der Waals surface area contributed by atoms with E-state index in [0.29, 0.717) is 0 Å². The summed E-state index contributed by atoms with van der Waals surface area (Å²) in [6.45, 7) is 0. The first-order valence-electron chi connectivity index (χ1n) is 9.51. The van der Waals surface area contributed by atoms with E-state index in [1.807, 2.05) is 4.72 Å². The van der Waals surface area contributed by atoms with Crippen molar-refractivity contribution in [3.05, 3.63) is 73.7 Å². The van der Waals surface area contributed by atoms with Crippen LogP contribution in [0.25, 0.3) is 0 Å². The van der Waals surface area contributed by atoms with Crippen LogP contribution in [0.2, 0.25) is 15.1 Å². The summed E-state index contributed by atoms with van der Waals surface area (Å²) in [6.07, 6.45) is -10.1. The van der Waals surface area contributed by atoms with Crippen molar-refractivity contribution in [2.45, 2.75) is 17.1 Å². The molecule has 37 heavy (non-hydrogen) atoms. The lowest BCUT2D eigenvalue weighted by Crippen LogP contribution is -2.52. The monoisotopic (exact) mass is 602 g/mol. The number of sulfonamides is 1. The highest BCUT2D eigenvalue weighted by Gasteiger charge is 2.66. The topological polar surface area (TPSA) is 117 Å². The lowest BCUT2D eigenvalue weighted by molar-refractivity contribution is -0.391. The van der Waals surface area contributed by atoms with E-state index in [1.165, 1.54) is 6.07 Å². The van der Waals surface area contributed by atoms with Crippen molar-refractivity contribution in [3.63, 3.8) is 0 Å². The number of nitrogens with one attached hydrogen (secondary N) is 1. The second kappa shape index (κ2) is 9.28. The van der Waals surface area contributed by atoms with Crippen molar-refractivity contribution < 1.29 is 45.1 Å². The number of halogens is 7. The Bertz CT molecular complexity index is 1520. The lowest BCUT2D eigenvalue weighted by atomic mass is 10.2. The molecular weight excluding hydrogens is 595 g/mol. The van der Waals surface area contributed by atoms with Gasteiger partial charge in [-0.1, -0.05) is 40.9 Å². The third-order valence-corrected chi connectivity index (χ3v) is 6.85. The second-order valence-electron chi connectivity index (χ2n) is 7.17. The van der Waals surface area contributed by atoms with E-state index in [1.54, 1.807) is 0 Å². The fourth-order valence-electron chi connectivity index (χ4n) is 2.96. The zero-order chi connectivity index (χ0) is 27.3. The molecule has 1 aliphatic heterocycles. The molecular formula is C20H9Cl3F4N2O7S. The van der Waals surface area contributed by atoms with Crippen LogP contribution in [0.3, 0.4) is 0 Å². The van der Waals surface area contributed by atoms with Gasteiger partial charge >= 0.3 is 12.2 Å². The quantitative estimate of drug-likeness (QED) is 0.181. The van der Waals surface area contributed by atoms with Crippen molar-refractivity contribution in [2.24, 2.45) is 0 Å². The fraction of sp³-hybridized carbons (Fsp3) is 0.100. The first-order valence-corrected chi connectivity index (χ1v) is 12.1. The SMILES string of the molecule is O=[N+]([O-])c1ccc(Oc2c(Cl)cc(S(=O)(=O)Nc3cccc4c3OC(F)(F)C(F)(F)O4)cc2Cl)c(Cl)c1. The summed E-state index contributed by atoms with van der Waals surface area (Å²) in [6, 6.07) is 7.95. The number of hydrogen-bond acceptors (Lipinski definition) is 7. The highest BCUT2D eigenvalue weighted by atomic mass is 35.5. The zero-order valence-corrected chi connectivity index (χ0v) is 20.6. The number of para-hydroxylation sites is 1. The largest absolute Gasteiger partial charge is 0.507 e. The molecule has 196 valence electrons. The summed E-state index contributed by atoms with van der Waals surface area (Å²) in [7, 11) is -4.61. The van der Waals surface area contributed by atoms with Crippen LogP contribution in [0.5, 0.6) is 23.0 Å². The molecule has 0 saturated carbocycles. The van der Waals surface area contributed by atoms with Crippen molar-refractivity contribution >= 4 is 56.2 Å². The van der Waals surface area contributed by atoms with Crippen LogP contribution in [-0.4, -0.2) is 25.6 Å². The maximum atomic E-state index is 13.6. The molecule has 1 heterocycles. The van der Waals surface area contributed by atoms with Gasteiger partial charge in [-0.3, -0.25) is 14.8 Å². The molecule has 0 fully saturated rings. The third kappa shape index (κ3) is 5.14. The van der Waals surface area contributed by atoms with Crippen LogP contribution in [0.1, 0.15) is 0 Å². The van der Waals surface area contributed by atoms with Crippen molar-refractivity contribution in [3.8, 4) is 23.0 Å². The molecule has 0 radical (unpaired) electrons. The summed E-state index contributed by atoms with van der Waals surface area (Å²) in [5, 5.41) is 9.99. The van der Waals surface area contributed by atoms with Gasteiger partial charge in [0.25, 0.3) is 15.7 Å². The number of hydrogen-bond donors (Lipinski definition) is 1. The Labute approximate surface area is 219 Å². The summed E-state index contributed by atoms with van der Waals surface area (Å²) >= 11 is 18.2. The number of anilines is 1. The van der Waals surface area contributed by atoms with Gasteiger partial charge in [0.05, 0.1) is 30.6 Å². The average Bonchev–Trinajstić information content (AvgIpc) is 2.77. The van der Waals surface area contributed by atoms with Gasteiger partial charge in [-0.05, 0) is 30.3 Å². The molecule has 0 aromatic heterocycles. The van der Waals surface area contributed by atoms with Gasteiger partial charge in [-0.25, -0.2) is 8.42 Å². The summed E-state index contributed by atoms with van der Waals surface area (Å²) in [4.78, 5) is 9.59. The molecule has 0 aliphatic carbocycles. The molecule has 0 atom stereocenters. The Hall–Kier alpha value is -3.20. The highest BCUT2D eigenvalue weighted by Crippen LogP contribution is 2.50. The Morgan fingerprint density at radius 2 is 1.54 bits per heavy atom. The molecule has 0 bridgehead atoms. The number of nitrogens with zero attached hydrogens (tertiary/aromatic N) is 1. The summed E-state index contributed by atoms with van der Waals surface area (Å²) < 4.78 is 95.5. The fourth-order valence-corrected chi connectivity index (χ4v) is 4.98. The van der Waals surface area contributed by atoms with Gasteiger partial charge in [-0.15, -0.1) is 0 Å². The number of fused-ring (bicyclic) bond motifs is 1. The van der Waals surface area contributed by atoms with Crippen LogP contribution < -0.4 is 18.9 Å². The Balaban J connectivity index is 1.64. The maximum absolute atomic E-state index is 13.6. The number of non-ortho nitro benzene ring substituents is 1. The predicted octanol–water partition coefficient (Wildman–Crippen LogP) is 7.10. The normalized spacial score (nSPS) is 15.6. The Morgan fingerprint density at radius 1 is 0.919 bits per heavy atom. The van der Waals surface area contributed by atoms with Gasteiger partial charge in [0.15, 0.2) is 17.2 Å². The van der Waals surface area contributed by atoms with Crippen LogP contribution >= 0.6 is 34.8 Å². The van der Waals surface area contributed by atoms with E-state index in [4.69, 9.17) is 39.5 Å². The molecule has 1 aliphatic rings. The number of rotatable bonds is 6. The number of benzene rings is 3. The van der Waals surface area contributed by atoms with Crippen LogP contribution in [0.4, 0.5) is 28.9 Å². The van der Waals surface area contributed by atoms with Gasteiger partial charge in [0.2, 0.25) is 0 Å². The highest BCUT2D eigenvalue weighted by molar-refractivity contribution is 7.92. The molecule has 17 heteroatoms. The Kier molecular flexibility index (Phi) is 6.73. The molecule has 0 amide bonds. The third-order valence-electron chi connectivity index (χ3n) is 4.65. The van der Waals surface area contributed by atoms with Gasteiger partial charge in [-0.2, -0.15) is 17.6 Å². The summed E-state index contributed by atoms with van der Waals surface area (Å²) in [5.41, 5.74) is -0.959. The molecule has 3 aromatic rings. The van der Waals surface area contributed by atoms with Crippen LogP contribution in [0, 0.1) is 10.1 Å². The van der Waals surface area contributed by atoms with E-state index < -0.39 is 49.2 Å². The number of alkyl halides is 4. The summed E-state index contributed by atoms with van der Waals surface area (Å²) in [5.74, 6) is -2.16. The van der Waals surface area contributed by atoms with E-state index in [-0.39, 0.29) is 32.3 Å². The van der Waals surface area contributed by atoms with Gasteiger partial charge in [0.1, 0.15) is 5.75 Å². The van der Waals surface area contributed by atoms with Crippen molar-refractivity contribution in [2.75, 3.05) is 4.72 Å². The predicted molar refractivity (Wildman–Crippen MR) is 123 cm³/mol. The lowest BCUT2D eigenvalue weighted by Gasteiger charge is -2.32. The standard InChI is InChI=1S/C20H9Cl3F4N2O7S/c21-11-6-9(29(30)31)4-5-15(11)34-17-12(22)7-10(8-13(17)23)37(32,33)28-14-2-1-3-16-18(14)36-20(26,27)19(24,25)35-16/h1-8,28H. The van der Waals surface area contributed by atoms with E-state index >= 15 is 0 Å². The molecule has 3 aromatic carbocycles. The smallest absolute Gasteiger partial charge is 0.453 e. The van der Waals surface area contributed by atoms with Crippen molar-refractivity contribution in [1.29, 1.82) is 0 Å². The first-order chi connectivity index (χ1) is 17.1. The van der Waals surface area contributed by atoms with E-state index in [9.17, 15) is 36.1 Å². The molecule has 0 unspecified atom stereocenters. The zero-order valence-electron chi connectivity index (χ0n) is 17.5. The minimum Gasteiger partial charge on any atom is -0.453 e. The average molecular weight is 604 g/mol. The van der Waals surface area contributed by atoms with Gasteiger partial charge in [0, 0.05) is 12.1 Å². The molecule has 4 rings (SSSR count). The van der Waals surface area contributed by atoms with E-state index in [0.717, 1.165) is 42.5 Å². The number of ether oxygens (including phenoxy) is 3. The van der Waals surface area contributed by atoms with Crippen LogP contribution in [0.15, 0.2) is 53.4 Å². The van der Waals surface area contributed by atoms with Gasteiger partial charge < -0.3 is 14.2 Å². The molecule has 0 saturated heterocycles. The Morgan fingerprint density at radius 3 is 2.14 bits per heavy atom. The molecule has 0 spiro atoms. The maximum Gasteiger partial charge on any atom is 0.507 e. The van der Waals surface area contributed by atoms with E-state index in [2.05, 4.69) is 9.47 Å². The number of nitro groups is 1. The molecule has 9 nitrogen and oxygen atoms in total. The van der Waals surface area contributed by atoms with Crippen molar-refractivity contribution in [1.82, 2.24) is 0 Å². The van der Waals surface area contributed by atoms with Crippen LogP contribution in [-0.2, 0) is 10.0 Å². The second-order valence-corrected chi connectivity index (χ2v) is 10.1. The minimum atomic E-state index is -5.09. The minimum absolute atomic E-state index is 0.0874. The molecule has 1 N–H and O–H groups in total. The number of nitro benzene ring substituents is 1. The first kappa shape index (κ1) is 26.9.